The number of anilines is 1. The Labute approximate surface area is 372 Å². The Morgan fingerprint density at radius 2 is 1.70 bits per heavy atom. The minimum absolute atomic E-state index is 0.0187. The molecule has 2 bridgehead atoms. The molecule has 63 heavy (non-hydrogen) atoms. The standard InChI is InChI=1S/C47H60N8O7S/c1-29-39(63-28-51-29)31-17-15-30(16-18-31)22-50-42(59)35-20-32(56)23-55(35)43(60)40(45(2,3)4)52-38(58)14-8-6-5-7-11-19-49-44(61)47-24-46(25-47,26-47)27-62-37-21-34(53-54-41(37)48)33-12-9-10-13-36(33)57/h9-10,12-13,15-18,21,28,32,35,40,56-57H,5-8,11,14,19-20,22-27H2,1-4H3,(H2,48,54)(H,49,61)(H,50,59)(H,52,58)/t32-,35+,40-,46?,47?/m1/s1. The van der Waals surface area contributed by atoms with Gasteiger partial charge in [0, 0.05) is 49.5 Å². The van der Waals surface area contributed by atoms with Crippen LogP contribution in [0.5, 0.6) is 11.5 Å². The second-order valence-corrected chi connectivity index (χ2v) is 19.7. The number of nitrogens with two attached hydrogens (primary N) is 1. The number of amides is 4. The molecule has 336 valence electrons. The highest BCUT2D eigenvalue weighted by atomic mass is 32.1. The maximum Gasteiger partial charge on any atom is 0.246 e. The number of β-amino-alcohol motifs (C(OH)–C–C–N with tert-alkyl or cyclic N) is 1. The third-order valence-corrected chi connectivity index (χ3v) is 13.7. The summed E-state index contributed by atoms with van der Waals surface area (Å²) in [6.07, 6.45) is 6.00. The van der Waals surface area contributed by atoms with Gasteiger partial charge in [0.25, 0.3) is 0 Å². The lowest BCUT2D eigenvalue weighted by Crippen LogP contribution is -2.69. The lowest BCUT2D eigenvalue weighted by molar-refractivity contribution is -0.217. The first kappa shape index (κ1) is 45.4. The Hall–Kier alpha value is -5.61. The number of benzene rings is 2. The Kier molecular flexibility index (Phi) is 13.7. The molecule has 7 N–H and O–H groups in total. The number of rotatable bonds is 19. The molecule has 8 rings (SSSR count). The molecule has 3 atom stereocenters. The molecule has 4 aliphatic rings. The average molecular weight is 881 g/mol. The SMILES string of the molecule is Cc1ncsc1-c1ccc(CNC(=O)[C@@H]2C[C@@H](O)CN2C(=O)[C@@H](NC(=O)CCCCCCCNC(=O)C23CC(COc4cc(-c5ccccc5O)nnc4N)(C2)C3)C(C)(C)C)cc1. The number of aromatic hydroxyl groups is 1. The van der Waals surface area contributed by atoms with Crippen LogP contribution in [0.4, 0.5) is 5.82 Å². The number of nitrogens with one attached hydrogen (secondary N) is 3. The van der Waals surface area contributed by atoms with Crippen LogP contribution in [0.2, 0.25) is 0 Å². The van der Waals surface area contributed by atoms with Crippen LogP contribution in [0.15, 0.2) is 60.1 Å². The molecule has 2 aromatic carbocycles. The van der Waals surface area contributed by atoms with E-state index >= 15 is 0 Å². The van der Waals surface area contributed by atoms with E-state index in [1.165, 1.54) is 4.90 Å². The molecule has 2 aromatic heterocycles. The van der Waals surface area contributed by atoms with Crippen LogP contribution < -0.4 is 26.4 Å². The van der Waals surface area contributed by atoms with Crippen molar-refractivity contribution in [3.8, 4) is 33.2 Å². The van der Waals surface area contributed by atoms with E-state index in [1.807, 2.05) is 57.5 Å². The van der Waals surface area contributed by atoms with Crippen molar-refractivity contribution in [1.82, 2.24) is 36.0 Å². The van der Waals surface area contributed by atoms with Gasteiger partial charge in [-0.25, -0.2) is 4.98 Å². The number of nitrogen functional groups attached to an aromatic ring is 1. The zero-order chi connectivity index (χ0) is 44.9. The zero-order valence-corrected chi connectivity index (χ0v) is 37.4. The summed E-state index contributed by atoms with van der Waals surface area (Å²) in [4.78, 5) is 60.5. The fourth-order valence-corrected chi connectivity index (χ4v) is 10.1. The Bertz CT molecular complexity index is 2270. The Morgan fingerprint density at radius 1 is 0.984 bits per heavy atom. The molecule has 15 nitrogen and oxygen atoms in total. The van der Waals surface area contributed by atoms with Crippen molar-refractivity contribution in [3.05, 3.63) is 71.4 Å². The predicted octanol–water partition coefficient (Wildman–Crippen LogP) is 5.68. The molecule has 4 amide bonds. The summed E-state index contributed by atoms with van der Waals surface area (Å²) in [6.45, 7) is 8.92. The summed E-state index contributed by atoms with van der Waals surface area (Å²) >= 11 is 1.58. The second kappa shape index (κ2) is 19.0. The van der Waals surface area contributed by atoms with Gasteiger partial charge in [0.1, 0.15) is 23.5 Å². The third kappa shape index (κ3) is 10.4. The number of para-hydroxylation sites is 1. The van der Waals surface area contributed by atoms with Gasteiger partial charge < -0.3 is 41.5 Å². The summed E-state index contributed by atoms with van der Waals surface area (Å²) in [5.74, 6) is -0.189. The first-order valence-electron chi connectivity index (χ1n) is 21.9. The van der Waals surface area contributed by atoms with Gasteiger partial charge in [0.2, 0.25) is 23.6 Å². The Balaban J connectivity index is 0.776. The first-order valence-corrected chi connectivity index (χ1v) is 22.8. The van der Waals surface area contributed by atoms with E-state index in [0.29, 0.717) is 36.6 Å². The van der Waals surface area contributed by atoms with Crippen LogP contribution in [0, 0.1) is 23.2 Å². The quantitative estimate of drug-likeness (QED) is 0.0629. The van der Waals surface area contributed by atoms with E-state index in [2.05, 4.69) is 31.1 Å². The molecule has 3 heterocycles. The van der Waals surface area contributed by atoms with Crippen molar-refractivity contribution in [1.29, 1.82) is 0 Å². The van der Waals surface area contributed by atoms with E-state index in [-0.39, 0.29) is 72.0 Å². The van der Waals surface area contributed by atoms with Gasteiger partial charge in [-0.2, -0.15) is 0 Å². The number of likely N-dealkylation sites (tertiary alicyclic amines) is 1. The van der Waals surface area contributed by atoms with Crippen LogP contribution in [0.3, 0.4) is 0 Å². The third-order valence-electron chi connectivity index (χ3n) is 12.7. The molecular weight excluding hydrogens is 821 g/mol. The molecule has 1 saturated heterocycles. The van der Waals surface area contributed by atoms with Gasteiger partial charge in [0.05, 0.1) is 34.2 Å². The average Bonchev–Trinajstić information content (AvgIpc) is 3.84. The van der Waals surface area contributed by atoms with Crippen LogP contribution >= 0.6 is 11.3 Å². The van der Waals surface area contributed by atoms with E-state index in [1.54, 1.807) is 41.7 Å². The molecular formula is C47H60N8O7S. The summed E-state index contributed by atoms with van der Waals surface area (Å²) < 4.78 is 6.07. The van der Waals surface area contributed by atoms with Crippen molar-refractivity contribution >= 4 is 40.8 Å². The number of nitrogens with zero attached hydrogens (tertiary/aromatic N) is 4. The van der Waals surface area contributed by atoms with E-state index < -0.39 is 23.6 Å². The second-order valence-electron chi connectivity index (χ2n) is 18.8. The minimum Gasteiger partial charge on any atom is -0.507 e. The fraction of sp³-hybridized carbons (Fsp3) is 0.511. The van der Waals surface area contributed by atoms with Crippen molar-refractivity contribution in [3.63, 3.8) is 0 Å². The lowest BCUT2D eigenvalue weighted by Gasteiger charge is -2.68. The largest absolute Gasteiger partial charge is 0.507 e. The van der Waals surface area contributed by atoms with E-state index in [9.17, 15) is 29.4 Å². The number of hydrogen-bond donors (Lipinski definition) is 6. The highest BCUT2D eigenvalue weighted by Gasteiger charge is 2.71. The topological polar surface area (TPSA) is 222 Å². The van der Waals surface area contributed by atoms with E-state index in [4.69, 9.17) is 10.5 Å². The number of aliphatic hydroxyl groups is 1. The number of phenols is 1. The van der Waals surface area contributed by atoms with E-state index in [0.717, 1.165) is 66.6 Å². The fourth-order valence-electron chi connectivity index (χ4n) is 9.29. The molecule has 4 fully saturated rings. The van der Waals surface area contributed by atoms with Gasteiger partial charge in [-0.15, -0.1) is 21.5 Å². The van der Waals surface area contributed by atoms with Crippen LogP contribution in [-0.4, -0.2) is 91.8 Å². The minimum atomic E-state index is -0.873. The first-order chi connectivity index (χ1) is 30.1. The van der Waals surface area contributed by atoms with Crippen molar-refractivity contribution < 1.29 is 34.1 Å². The maximum atomic E-state index is 14.0. The van der Waals surface area contributed by atoms with Crippen LogP contribution in [-0.2, 0) is 25.7 Å². The van der Waals surface area contributed by atoms with Crippen LogP contribution in [0.25, 0.3) is 21.7 Å². The Morgan fingerprint density at radius 3 is 2.40 bits per heavy atom. The number of aryl methyl sites for hydroxylation is 1. The van der Waals surface area contributed by atoms with Gasteiger partial charge in [0.15, 0.2) is 11.6 Å². The van der Waals surface area contributed by atoms with Crippen molar-refractivity contribution in [2.24, 2.45) is 16.2 Å². The highest BCUT2D eigenvalue weighted by Crippen LogP contribution is 2.73. The number of phenolic OH excluding ortho intramolecular Hbond substituents is 1. The number of thiazole rings is 1. The molecule has 0 radical (unpaired) electrons. The van der Waals surface area contributed by atoms with Crippen molar-refractivity contribution in [2.45, 2.75) is 117 Å². The van der Waals surface area contributed by atoms with Crippen LogP contribution in [0.1, 0.15) is 96.2 Å². The number of ether oxygens (including phenoxy) is 1. The van der Waals surface area contributed by atoms with Gasteiger partial charge in [-0.3, -0.25) is 19.2 Å². The summed E-state index contributed by atoms with van der Waals surface area (Å²) in [5, 5.41) is 37.9. The maximum absolute atomic E-state index is 14.0. The molecule has 0 unspecified atom stereocenters. The van der Waals surface area contributed by atoms with Gasteiger partial charge in [-0.1, -0.05) is 76.4 Å². The summed E-state index contributed by atoms with van der Waals surface area (Å²) in [7, 11) is 0. The molecule has 4 aromatic rings. The summed E-state index contributed by atoms with van der Waals surface area (Å²) in [5.41, 5.74) is 10.8. The smallest absolute Gasteiger partial charge is 0.246 e. The highest BCUT2D eigenvalue weighted by molar-refractivity contribution is 7.13. The monoisotopic (exact) mass is 880 g/mol. The molecule has 3 aliphatic carbocycles. The molecule has 16 heteroatoms. The molecule has 3 saturated carbocycles. The number of carbonyl (C=O) groups excluding carboxylic acids is 4. The summed E-state index contributed by atoms with van der Waals surface area (Å²) in [6, 6.07) is 14.7. The number of carbonyl (C=O) groups is 4. The number of aliphatic hydroxyl groups excluding tert-OH is 1. The lowest BCUT2D eigenvalue weighted by atomic mass is 9.35. The number of hydrogen-bond acceptors (Lipinski definition) is 12. The predicted molar refractivity (Wildman–Crippen MR) is 240 cm³/mol. The number of unbranched alkanes of at least 4 members (excludes halogenated alkanes) is 4. The normalized spacial score (nSPS) is 21.8. The molecule has 0 spiro atoms. The van der Waals surface area contributed by atoms with Gasteiger partial charge in [-0.05, 0) is 67.7 Å². The van der Waals surface area contributed by atoms with Crippen molar-refractivity contribution in [2.75, 3.05) is 25.4 Å². The molecule has 1 aliphatic heterocycles. The zero-order valence-electron chi connectivity index (χ0n) is 36.6. The number of aromatic nitrogens is 3. The van der Waals surface area contributed by atoms with Gasteiger partial charge >= 0.3 is 0 Å².